The minimum Gasteiger partial charge on any atom is -0.493 e. The first-order chi connectivity index (χ1) is 19.2. The molecule has 0 bridgehead atoms. The van der Waals surface area contributed by atoms with Crippen molar-refractivity contribution in [2.24, 2.45) is 11.0 Å². The Morgan fingerprint density at radius 1 is 1.00 bits per heavy atom. The fourth-order valence-corrected chi connectivity index (χ4v) is 4.58. The normalized spacial score (nSPS) is 11.8. The Hall–Kier alpha value is -3.37. The predicted molar refractivity (Wildman–Crippen MR) is 163 cm³/mol. The molecule has 0 spiro atoms. The number of nitrogens with zero attached hydrogens (tertiary/aromatic N) is 1. The highest BCUT2D eigenvalue weighted by Crippen LogP contribution is 2.37. The van der Waals surface area contributed by atoms with Crippen LogP contribution in [0.5, 0.6) is 17.2 Å². The summed E-state index contributed by atoms with van der Waals surface area (Å²) in [6, 6.07) is 18.1. The van der Waals surface area contributed by atoms with Gasteiger partial charge in [0.05, 0.1) is 17.8 Å². The molecule has 8 nitrogen and oxygen atoms in total. The lowest BCUT2D eigenvalue weighted by molar-refractivity contribution is -0.130. The SMILES string of the molecule is COc1cc(/C=N\NC(=O)[C@H](CC(C)C)NC(=O)COc2ccccc2C)cc(Br)c1OCc1ccc(Br)cc1. The van der Waals surface area contributed by atoms with Gasteiger partial charge in [-0.3, -0.25) is 9.59 Å². The van der Waals surface area contributed by atoms with Crippen molar-refractivity contribution in [1.82, 2.24) is 10.7 Å². The van der Waals surface area contributed by atoms with E-state index in [-0.39, 0.29) is 18.4 Å². The lowest BCUT2D eigenvalue weighted by atomic mass is 10.0. The highest BCUT2D eigenvalue weighted by atomic mass is 79.9. The van der Waals surface area contributed by atoms with E-state index >= 15 is 0 Å². The second-order valence-electron chi connectivity index (χ2n) is 9.49. The largest absolute Gasteiger partial charge is 0.493 e. The molecule has 2 amide bonds. The van der Waals surface area contributed by atoms with Crippen LogP contribution < -0.4 is 25.0 Å². The van der Waals surface area contributed by atoms with Gasteiger partial charge in [-0.2, -0.15) is 5.10 Å². The smallest absolute Gasteiger partial charge is 0.262 e. The number of hydrogen-bond acceptors (Lipinski definition) is 6. The number of benzene rings is 3. The predicted octanol–water partition coefficient (Wildman–Crippen LogP) is 6.17. The second kappa shape index (κ2) is 15.4. The third kappa shape index (κ3) is 9.67. The van der Waals surface area contributed by atoms with E-state index in [1.54, 1.807) is 19.2 Å². The molecule has 0 aliphatic rings. The summed E-state index contributed by atoms with van der Waals surface area (Å²) in [5.41, 5.74) is 5.14. The lowest BCUT2D eigenvalue weighted by Crippen LogP contribution is -2.47. The number of hydrazone groups is 1. The molecule has 0 aliphatic heterocycles. The van der Waals surface area contributed by atoms with Crippen LogP contribution in [0.2, 0.25) is 0 Å². The Morgan fingerprint density at radius 2 is 1.73 bits per heavy atom. The van der Waals surface area contributed by atoms with Gasteiger partial charge in [0, 0.05) is 4.47 Å². The summed E-state index contributed by atoms with van der Waals surface area (Å²) in [6.07, 6.45) is 1.94. The molecule has 0 fully saturated rings. The van der Waals surface area contributed by atoms with E-state index in [0.717, 1.165) is 15.6 Å². The Balaban J connectivity index is 1.60. The third-order valence-corrected chi connectivity index (χ3v) is 6.87. The zero-order chi connectivity index (χ0) is 29.1. The molecule has 3 rings (SSSR count). The quantitative estimate of drug-likeness (QED) is 0.167. The molecule has 0 heterocycles. The number of aryl methyl sites for hydroxylation is 1. The molecule has 212 valence electrons. The molecule has 1 atom stereocenters. The zero-order valence-corrected chi connectivity index (χ0v) is 26.0. The molecule has 2 N–H and O–H groups in total. The van der Waals surface area contributed by atoms with Crippen molar-refractivity contribution in [2.45, 2.75) is 39.8 Å². The van der Waals surface area contributed by atoms with Gasteiger partial charge in [0.2, 0.25) is 0 Å². The van der Waals surface area contributed by atoms with E-state index in [2.05, 4.69) is 47.7 Å². The van der Waals surface area contributed by atoms with Crippen LogP contribution in [0.3, 0.4) is 0 Å². The topological polar surface area (TPSA) is 98.2 Å². The minimum absolute atomic E-state index is 0.169. The number of hydrogen-bond donors (Lipinski definition) is 2. The summed E-state index contributed by atoms with van der Waals surface area (Å²) in [7, 11) is 1.55. The standard InChI is InChI=1S/C30H33Br2N3O5/c1-19(2)13-25(34-28(36)18-39-26-8-6-5-7-20(26)3)30(37)35-33-16-22-14-24(32)29(27(15-22)38-4)40-17-21-9-11-23(31)12-10-21/h5-12,14-16,19,25H,13,17-18H2,1-4H3,(H,34,36)(H,35,37)/b33-16-/t25-/m0/s1. The first-order valence-electron chi connectivity index (χ1n) is 12.7. The molecule has 0 radical (unpaired) electrons. The van der Waals surface area contributed by atoms with Crippen LogP contribution in [-0.4, -0.2) is 37.8 Å². The van der Waals surface area contributed by atoms with E-state index in [4.69, 9.17) is 14.2 Å². The number of carbonyl (C=O) groups is 2. The van der Waals surface area contributed by atoms with Gasteiger partial charge in [-0.05, 0) is 82.2 Å². The first-order valence-corrected chi connectivity index (χ1v) is 14.3. The maximum absolute atomic E-state index is 12.9. The van der Waals surface area contributed by atoms with Crippen LogP contribution >= 0.6 is 31.9 Å². The Morgan fingerprint density at radius 3 is 2.40 bits per heavy atom. The monoisotopic (exact) mass is 673 g/mol. The summed E-state index contributed by atoms with van der Waals surface area (Å²) in [5, 5.41) is 6.86. The van der Waals surface area contributed by atoms with Crippen molar-refractivity contribution >= 4 is 49.9 Å². The van der Waals surface area contributed by atoms with Gasteiger partial charge in [-0.15, -0.1) is 0 Å². The van der Waals surface area contributed by atoms with E-state index in [1.807, 2.05) is 69.3 Å². The molecule has 3 aromatic carbocycles. The number of para-hydroxylation sites is 1. The number of rotatable bonds is 13. The Kier molecular flexibility index (Phi) is 12.0. The maximum atomic E-state index is 12.9. The van der Waals surface area contributed by atoms with Crippen LogP contribution in [0, 0.1) is 12.8 Å². The summed E-state index contributed by atoms with van der Waals surface area (Å²) in [5.74, 6) is 1.05. The highest BCUT2D eigenvalue weighted by Gasteiger charge is 2.22. The fourth-order valence-electron chi connectivity index (χ4n) is 3.74. The van der Waals surface area contributed by atoms with Crippen LogP contribution in [0.15, 0.2) is 74.7 Å². The Bertz CT molecular complexity index is 1330. The molecular weight excluding hydrogens is 642 g/mol. The average Bonchev–Trinajstić information content (AvgIpc) is 2.92. The highest BCUT2D eigenvalue weighted by molar-refractivity contribution is 9.10. The van der Waals surface area contributed by atoms with Gasteiger partial charge in [0.25, 0.3) is 11.8 Å². The van der Waals surface area contributed by atoms with Crippen LogP contribution in [0.25, 0.3) is 0 Å². The first kappa shape index (κ1) is 31.2. The van der Waals surface area contributed by atoms with E-state index in [1.165, 1.54) is 6.21 Å². The zero-order valence-electron chi connectivity index (χ0n) is 22.9. The number of ether oxygens (including phenoxy) is 3. The summed E-state index contributed by atoms with van der Waals surface area (Å²) in [4.78, 5) is 25.4. The maximum Gasteiger partial charge on any atom is 0.262 e. The van der Waals surface area contributed by atoms with Gasteiger partial charge >= 0.3 is 0 Å². The number of carbonyl (C=O) groups excluding carboxylic acids is 2. The molecule has 0 aromatic heterocycles. The van der Waals surface area contributed by atoms with Crippen molar-refractivity contribution in [3.8, 4) is 17.2 Å². The Labute approximate surface area is 251 Å². The van der Waals surface area contributed by atoms with E-state index < -0.39 is 11.9 Å². The number of amides is 2. The summed E-state index contributed by atoms with van der Waals surface area (Å²) >= 11 is 6.97. The summed E-state index contributed by atoms with van der Waals surface area (Å²) < 4.78 is 18.8. The van der Waals surface area contributed by atoms with E-state index in [9.17, 15) is 9.59 Å². The molecule has 3 aromatic rings. The fraction of sp³-hybridized carbons (Fsp3) is 0.300. The van der Waals surface area contributed by atoms with Crippen LogP contribution in [0.1, 0.15) is 37.0 Å². The number of methoxy groups -OCH3 is 1. The summed E-state index contributed by atoms with van der Waals surface area (Å²) in [6.45, 7) is 6.02. The number of halogens is 2. The molecule has 0 aliphatic carbocycles. The average molecular weight is 675 g/mol. The van der Waals surface area contributed by atoms with Crippen LogP contribution in [0.4, 0.5) is 0 Å². The second-order valence-corrected chi connectivity index (χ2v) is 11.3. The van der Waals surface area contributed by atoms with E-state index in [0.29, 0.717) is 40.3 Å². The van der Waals surface area contributed by atoms with Gasteiger partial charge in [-0.25, -0.2) is 5.43 Å². The molecule has 40 heavy (non-hydrogen) atoms. The molecule has 10 heteroatoms. The van der Waals surface area contributed by atoms with Gasteiger partial charge in [-0.1, -0.05) is 60.1 Å². The molecule has 0 saturated heterocycles. The third-order valence-electron chi connectivity index (χ3n) is 5.75. The van der Waals surface area contributed by atoms with Crippen molar-refractivity contribution < 1.29 is 23.8 Å². The van der Waals surface area contributed by atoms with Crippen molar-refractivity contribution in [3.63, 3.8) is 0 Å². The van der Waals surface area contributed by atoms with Crippen molar-refractivity contribution in [2.75, 3.05) is 13.7 Å². The lowest BCUT2D eigenvalue weighted by Gasteiger charge is -2.19. The number of nitrogens with one attached hydrogen (secondary N) is 2. The van der Waals surface area contributed by atoms with Crippen molar-refractivity contribution in [1.29, 1.82) is 0 Å². The van der Waals surface area contributed by atoms with Crippen LogP contribution in [-0.2, 0) is 16.2 Å². The van der Waals surface area contributed by atoms with Crippen molar-refractivity contribution in [3.05, 3.63) is 86.3 Å². The van der Waals surface area contributed by atoms with Gasteiger partial charge < -0.3 is 19.5 Å². The minimum atomic E-state index is -0.763. The molecule has 0 saturated carbocycles. The molecular formula is C30H33Br2N3O5. The van der Waals surface area contributed by atoms with Gasteiger partial charge in [0.15, 0.2) is 18.1 Å². The van der Waals surface area contributed by atoms with Gasteiger partial charge in [0.1, 0.15) is 18.4 Å². The molecule has 0 unspecified atom stereocenters.